The summed E-state index contributed by atoms with van der Waals surface area (Å²) in [7, 11) is 0. The van der Waals surface area contributed by atoms with Crippen LogP contribution in [0.1, 0.15) is 0 Å². The van der Waals surface area contributed by atoms with Crippen LogP contribution in [-0.4, -0.2) is 4.98 Å². The van der Waals surface area contributed by atoms with Crippen molar-refractivity contribution in [1.82, 2.24) is 4.98 Å². The number of hydrogen-bond acceptors (Lipinski definition) is 3. The van der Waals surface area contributed by atoms with Crippen LogP contribution >= 0.6 is 15.9 Å². The van der Waals surface area contributed by atoms with E-state index in [0.717, 1.165) is 4.47 Å². The van der Waals surface area contributed by atoms with Crippen LogP contribution in [0.25, 0.3) is 0 Å². The van der Waals surface area contributed by atoms with Crippen LogP contribution in [0, 0.1) is 11.6 Å². The maximum Gasteiger partial charge on any atom is 0.258 e. The highest BCUT2D eigenvalue weighted by atomic mass is 79.9. The largest absolute Gasteiger partial charge is 0.436 e. The molecule has 0 saturated heterocycles. The molecule has 1 aromatic heterocycles. The standard InChI is InChI=1S/C11H7BrF2N2O/c12-6-2-1-3-7(4-6)17-11-9(14)5-8(13)10(15)16-11/h1-5H,(H2,15,16). The van der Waals surface area contributed by atoms with Gasteiger partial charge in [0.05, 0.1) is 0 Å². The summed E-state index contributed by atoms with van der Waals surface area (Å²) in [5.41, 5.74) is 5.23. The Balaban J connectivity index is 2.33. The molecule has 0 bridgehead atoms. The van der Waals surface area contributed by atoms with Gasteiger partial charge >= 0.3 is 0 Å². The number of anilines is 1. The van der Waals surface area contributed by atoms with Crippen molar-refractivity contribution >= 4 is 21.7 Å². The lowest BCUT2D eigenvalue weighted by atomic mass is 10.3. The maximum atomic E-state index is 13.3. The lowest BCUT2D eigenvalue weighted by molar-refractivity contribution is 0.418. The van der Waals surface area contributed by atoms with Crippen molar-refractivity contribution in [3.8, 4) is 11.6 Å². The van der Waals surface area contributed by atoms with Crippen LogP contribution < -0.4 is 10.5 Å². The number of aromatic nitrogens is 1. The summed E-state index contributed by atoms with van der Waals surface area (Å²) in [6.45, 7) is 0. The van der Waals surface area contributed by atoms with E-state index in [1.165, 1.54) is 0 Å². The number of rotatable bonds is 2. The van der Waals surface area contributed by atoms with E-state index in [1.54, 1.807) is 24.3 Å². The molecule has 0 aliphatic carbocycles. The molecule has 0 fully saturated rings. The molecule has 0 saturated carbocycles. The predicted octanol–water partition coefficient (Wildman–Crippen LogP) is 3.50. The van der Waals surface area contributed by atoms with E-state index in [2.05, 4.69) is 20.9 Å². The number of halogens is 3. The molecule has 2 aromatic rings. The second-order valence-corrected chi connectivity index (χ2v) is 4.12. The predicted molar refractivity (Wildman–Crippen MR) is 62.8 cm³/mol. The summed E-state index contributed by atoms with van der Waals surface area (Å²) >= 11 is 3.24. The molecule has 0 amide bonds. The van der Waals surface area contributed by atoms with Gasteiger partial charge in [0.2, 0.25) is 0 Å². The molecule has 0 radical (unpaired) electrons. The van der Waals surface area contributed by atoms with Crippen LogP contribution in [0.2, 0.25) is 0 Å². The first kappa shape index (κ1) is 11.8. The van der Waals surface area contributed by atoms with Gasteiger partial charge in [-0.1, -0.05) is 22.0 Å². The monoisotopic (exact) mass is 300 g/mol. The molecule has 6 heteroatoms. The molecule has 3 nitrogen and oxygen atoms in total. The number of benzene rings is 1. The molecule has 88 valence electrons. The zero-order valence-electron chi connectivity index (χ0n) is 8.45. The molecular formula is C11H7BrF2N2O. The molecule has 1 aromatic carbocycles. The van der Waals surface area contributed by atoms with Crippen LogP contribution in [0.3, 0.4) is 0 Å². The van der Waals surface area contributed by atoms with Crippen molar-refractivity contribution in [2.75, 3.05) is 5.73 Å². The SMILES string of the molecule is Nc1nc(Oc2cccc(Br)c2)c(F)cc1F. The van der Waals surface area contributed by atoms with Gasteiger partial charge in [-0.05, 0) is 18.2 Å². The first-order valence-corrected chi connectivity index (χ1v) is 5.40. The van der Waals surface area contributed by atoms with Crippen molar-refractivity contribution in [1.29, 1.82) is 0 Å². The number of nitrogens with two attached hydrogens (primary N) is 1. The summed E-state index contributed by atoms with van der Waals surface area (Å²) in [5, 5.41) is 0. The molecular weight excluding hydrogens is 294 g/mol. The van der Waals surface area contributed by atoms with Gasteiger partial charge in [0.25, 0.3) is 5.88 Å². The minimum atomic E-state index is -0.913. The molecule has 2 rings (SSSR count). The van der Waals surface area contributed by atoms with Gasteiger partial charge in [0.1, 0.15) is 5.75 Å². The Bertz CT molecular complexity index is 563. The number of nitrogen functional groups attached to an aromatic ring is 1. The second kappa shape index (κ2) is 4.67. The third-order valence-electron chi connectivity index (χ3n) is 1.94. The zero-order valence-corrected chi connectivity index (χ0v) is 10.0. The number of pyridine rings is 1. The minimum absolute atomic E-state index is 0.359. The second-order valence-electron chi connectivity index (χ2n) is 3.20. The summed E-state index contributed by atoms with van der Waals surface area (Å²) in [4.78, 5) is 3.49. The quantitative estimate of drug-likeness (QED) is 0.923. The molecule has 1 heterocycles. The van der Waals surface area contributed by atoms with Gasteiger partial charge in [-0.3, -0.25) is 0 Å². The lowest BCUT2D eigenvalue weighted by Gasteiger charge is -2.07. The van der Waals surface area contributed by atoms with E-state index in [1.807, 2.05) is 0 Å². The topological polar surface area (TPSA) is 48.1 Å². The van der Waals surface area contributed by atoms with Gasteiger partial charge in [-0.2, -0.15) is 4.98 Å². The first-order valence-electron chi connectivity index (χ1n) is 4.61. The lowest BCUT2D eigenvalue weighted by Crippen LogP contribution is -2.00. The van der Waals surface area contributed by atoms with Gasteiger partial charge in [-0.25, -0.2) is 8.78 Å². The highest BCUT2D eigenvalue weighted by molar-refractivity contribution is 9.10. The van der Waals surface area contributed by atoms with Gasteiger partial charge in [-0.15, -0.1) is 0 Å². The van der Waals surface area contributed by atoms with Crippen molar-refractivity contribution in [3.63, 3.8) is 0 Å². The van der Waals surface area contributed by atoms with E-state index in [0.29, 0.717) is 11.8 Å². The number of nitrogens with zero attached hydrogens (tertiary/aromatic N) is 1. The fourth-order valence-corrected chi connectivity index (χ4v) is 1.56. The number of hydrogen-bond donors (Lipinski definition) is 1. The average molecular weight is 301 g/mol. The van der Waals surface area contributed by atoms with E-state index in [9.17, 15) is 8.78 Å². The van der Waals surface area contributed by atoms with Gasteiger partial charge in [0, 0.05) is 10.5 Å². The Labute approximate surface area is 104 Å². The fraction of sp³-hybridized carbons (Fsp3) is 0. The number of ether oxygens (including phenoxy) is 1. The molecule has 0 aliphatic rings. The van der Waals surface area contributed by atoms with Crippen LogP contribution in [0.15, 0.2) is 34.8 Å². The maximum absolute atomic E-state index is 13.3. The van der Waals surface area contributed by atoms with E-state index in [4.69, 9.17) is 10.5 Å². The molecule has 0 aliphatic heterocycles. The Kier molecular flexibility index (Phi) is 3.23. The highest BCUT2D eigenvalue weighted by Crippen LogP contribution is 2.26. The summed E-state index contributed by atoms with van der Waals surface area (Å²) in [6.07, 6.45) is 0. The van der Waals surface area contributed by atoms with Crippen molar-refractivity contribution < 1.29 is 13.5 Å². The fourth-order valence-electron chi connectivity index (χ4n) is 1.18. The Morgan fingerprint density at radius 2 is 1.94 bits per heavy atom. The molecule has 0 spiro atoms. The average Bonchev–Trinajstić information content (AvgIpc) is 2.26. The van der Waals surface area contributed by atoms with Crippen LogP contribution in [-0.2, 0) is 0 Å². The van der Waals surface area contributed by atoms with E-state index >= 15 is 0 Å². The van der Waals surface area contributed by atoms with Gasteiger partial charge in [0.15, 0.2) is 17.5 Å². The molecule has 0 atom stereocenters. The molecule has 17 heavy (non-hydrogen) atoms. The van der Waals surface area contributed by atoms with Crippen molar-refractivity contribution in [3.05, 3.63) is 46.4 Å². The summed E-state index contributed by atoms with van der Waals surface area (Å²) in [5.74, 6) is -2.21. The van der Waals surface area contributed by atoms with Crippen molar-refractivity contribution in [2.45, 2.75) is 0 Å². The smallest absolute Gasteiger partial charge is 0.258 e. The first-order chi connectivity index (χ1) is 8.06. The third kappa shape index (κ3) is 2.71. The van der Waals surface area contributed by atoms with Crippen LogP contribution in [0.5, 0.6) is 11.6 Å². The Morgan fingerprint density at radius 1 is 1.18 bits per heavy atom. The summed E-state index contributed by atoms with van der Waals surface area (Å²) in [6, 6.07) is 7.38. The molecule has 2 N–H and O–H groups in total. The summed E-state index contributed by atoms with van der Waals surface area (Å²) < 4.78 is 32.1. The Hall–Kier alpha value is -1.69. The minimum Gasteiger partial charge on any atom is -0.436 e. The van der Waals surface area contributed by atoms with E-state index in [-0.39, 0.29) is 5.88 Å². The van der Waals surface area contributed by atoms with Gasteiger partial charge < -0.3 is 10.5 Å². The normalized spacial score (nSPS) is 10.3. The highest BCUT2D eigenvalue weighted by Gasteiger charge is 2.11. The molecule has 0 unspecified atom stereocenters. The Morgan fingerprint density at radius 3 is 2.65 bits per heavy atom. The third-order valence-corrected chi connectivity index (χ3v) is 2.43. The van der Waals surface area contributed by atoms with E-state index < -0.39 is 17.5 Å². The van der Waals surface area contributed by atoms with Crippen LogP contribution in [0.4, 0.5) is 14.6 Å². The van der Waals surface area contributed by atoms with Crippen molar-refractivity contribution in [2.24, 2.45) is 0 Å². The zero-order chi connectivity index (χ0) is 12.4.